The van der Waals surface area contributed by atoms with E-state index in [-0.39, 0.29) is 18.9 Å². The van der Waals surface area contributed by atoms with E-state index in [1.54, 1.807) is 6.08 Å². The molecule has 5 nitrogen and oxygen atoms in total. The Hall–Kier alpha value is -1.17. The number of hydrogen-bond donors (Lipinski definition) is 4. The molecule has 0 fully saturated rings. The van der Waals surface area contributed by atoms with Gasteiger partial charge in [0.15, 0.2) is 0 Å². The van der Waals surface area contributed by atoms with Crippen LogP contribution in [0.4, 0.5) is 0 Å². The molecule has 0 spiro atoms. The average Bonchev–Trinajstić information content (AvgIpc) is 3.03. The quantitative estimate of drug-likeness (QED) is 0.0412. The summed E-state index contributed by atoms with van der Waals surface area (Å²) in [6.07, 6.45) is 41.9. The molecule has 0 aliphatic carbocycles. The van der Waals surface area contributed by atoms with E-state index in [4.69, 9.17) is 0 Å². The standard InChI is InChI=1S/C40H77NO4/c1-3-5-7-9-11-13-14-15-16-17-18-19-20-21-22-23-24-25-26-28-30-32-34-39(44)38(36-42)41-40(45)35-37(43)33-31-29-27-12-10-8-6-4-2/h25-26,32,34,37-39,42-44H,3-24,27-31,33,35-36H2,1-2H3,(H,41,45)/b26-25+,34-32+. The summed E-state index contributed by atoms with van der Waals surface area (Å²) in [5.74, 6) is -0.328. The Morgan fingerprint density at radius 1 is 0.556 bits per heavy atom. The molecule has 4 N–H and O–H groups in total. The van der Waals surface area contributed by atoms with Crippen LogP contribution in [-0.4, -0.2) is 46.1 Å². The fraction of sp³-hybridized carbons (Fsp3) is 0.875. The molecule has 1 amide bonds. The maximum absolute atomic E-state index is 12.3. The van der Waals surface area contributed by atoms with Crippen LogP contribution >= 0.6 is 0 Å². The number of nitrogens with one attached hydrogen (secondary N) is 1. The van der Waals surface area contributed by atoms with Gasteiger partial charge >= 0.3 is 0 Å². The second-order valence-electron chi connectivity index (χ2n) is 13.5. The SMILES string of the molecule is CCCCCCCCCCCCCCCCCC/C=C/CC/C=C/C(O)C(CO)NC(=O)CC(O)CCCCCCCCCC. The van der Waals surface area contributed by atoms with Crippen LogP contribution in [0.2, 0.25) is 0 Å². The molecule has 0 radical (unpaired) electrons. The summed E-state index contributed by atoms with van der Waals surface area (Å²) >= 11 is 0. The van der Waals surface area contributed by atoms with Crippen LogP contribution < -0.4 is 5.32 Å². The van der Waals surface area contributed by atoms with Crippen molar-refractivity contribution in [1.29, 1.82) is 0 Å². The summed E-state index contributed by atoms with van der Waals surface area (Å²) < 4.78 is 0. The molecule has 0 aromatic heterocycles. The highest BCUT2D eigenvalue weighted by Gasteiger charge is 2.20. The fourth-order valence-corrected chi connectivity index (χ4v) is 5.94. The van der Waals surface area contributed by atoms with Gasteiger partial charge in [-0.3, -0.25) is 4.79 Å². The van der Waals surface area contributed by atoms with Gasteiger partial charge in [-0.2, -0.15) is 0 Å². The number of carbonyl (C=O) groups is 1. The molecule has 266 valence electrons. The van der Waals surface area contributed by atoms with Crippen molar-refractivity contribution >= 4 is 5.91 Å². The molecule has 0 aliphatic heterocycles. The minimum atomic E-state index is -0.946. The summed E-state index contributed by atoms with van der Waals surface area (Å²) in [4.78, 5) is 12.3. The van der Waals surface area contributed by atoms with Gasteiger partial charge in [0.05, 0.1) is 31.3 Å². The van der Waals surface area contributed by atoms with Crippen LogP contribution in [0.3, 0.4) is 0 Å². The van der Waals surface area contributed by atoms with E-state index >= 15 is 0 Å². The molecule has 0 bridgehead atoms. The van der Waals surface area contributed by atoms with Crippen molar-refractivity contribution in [2.24, 2.45) is 0 Å². The highest BCUT2D eigenvalue weighted by atomic mass is 16.3. The van der Waals surface area contributed by atoms with Crippen molar-refractivity contribution in [2.75, 3.05) is 6.61 Å². The third-order valence-corrected chi connectivity index (χ3v) is 8.99. The number of amides is 1. The van der Waals surface area contributed by atoms with Gasteiger partial charge in [-0.05, 0) is 32.1 Å². The predicted octanol–water partition coefficient (Wildman–Crippen LogP) is 10.7. The third kappa shape index (κ3) is 32.6. The molecule has 5 heteroatoms. The minimum Gasteiger partial charge on any atom is -0.394 e. The molecule has 3 unspecified atom stereocenters. The zero-order chi connectivity index (χ0) is 33.1. The molecule has 0 rings (SSSR count). The van der Waals surface area contributed by atoms with Gasteiger partial charge in [0.2, 0.25) is 5.91 Å². The zero-order valence-corrected chi connectivity index (χ0v) is 30.0. The van der Waals surface area contributed by atoms with Crippen LogP contribution in [0.1, 0.15) is 200 Å². The van der Waals surface area contributed by atoms with E-state index in [1.807, 2.05) is 6.08 Å². The topological polar surface area (TPSA) is 89.8 Å². The van der Waals surface area contributed by atoms with Gasteiger partial charge in [0, 0.05) is 0 Å². The molecule has 0 heterocycles. The Morgan fingerprint density at radius 3 is 1.42 bits per heavy atom. The van der Waals surface area contributed by atoms with Crippen LogP contribution in [0, 0.1) is 0 Å². The minimum absolute atomic E-state index is 0.00757. The van der Waals surface area contributed by atoms with Gasteiger partial charge in [0.25, 0.3) is 0 Å². The lowest BCUT2D eigenvalue weighted by atomic mass is 10.0. The Kier molecular flexibility index (Phi) is 34.8. The van der Waals surface area contributed by atoms with Gasteiger partial charge < -0.3 is 20.6 Å². The molecule has 0 aliphatic rings. The van der Waals surface area contributed by atoms with Crippen molar-refractivity contribution in [2.45, 2.75) is 218 Å². The Balaban J connectivity index is 3.68. The summed E-state index contributed by atoms with van der Waals surface area (Å²) in [6.45, 7) is 4.16. The molecular formula is C40H77NO4. The lowest BCUT2D eigenvalue weighted by Crippen LogP contribution is -2.45. The monoisotopic (exact) mass is 636 g/mol. The van der Waals surface area contributed by atoms with E-state index in [9.17, 15) is 20.1 Å². The van der Waals surface area contributed by atoms with Crippen molar-refractivity contribution in [1.82, 2.24) is 5.32 Å². The van der Waals surface area contributed by atoms with Crippen molar-refractivity contribution in [3.63, 3.8) is 0 Å². The molecule has 0 aromatic carbocycles. The first-order chi connectivity index (χ1) is 22.0. The normalized spacial score (nSPS) is 14.0. The number of hydrogen-bond acceptors (Lipinski definition) is 4. The van der Waals surface area contributed by atoms with Crippen LogP contribution in [0.15, 0.2) is 24.3 Å². The van der Waals surface area contributed by atoms with E-state index in [2.05, 4.69) is 31.3 Å². The van der Waals surface area contributed by atoms with Crippen molar-refractivity contribution in [3.8, 4) is 0 Å². The predicted molar refractivity (Wildman–Crippen MR) is 195 cm³/mol. The largest absolute Gasteiger partial charge is 0.394 e. The lowest BCUT2D eigenvalue weighted by Gasteiger charge is -2.21. The second-order valence-corrected chi connectivity index (χ2v) is 13.5. The van der Waals surface area contributed by atoms with E-state index in [1.165, 1.54) is 141 Å². The zero-order valence-electron chi connectivity index (χ0n) is 30.0. The summed E-state index contributed by atoms with van der Waals surface area (Å²) in [5, 5.41) is 32.9. The first kappa shape index (κ1) is 43.8. The molecule has 45 heavy (non-hydrogen) atoms. The van der Waals surface area contributed by atoms with Crippen molar-refractivity contribution < 1.29 is 20.1 Å². The molecule has 0 saturated heterocycles. The fourth-order valence-electron chi connectivity index (χ4n) is 5.94. The summed E-state index contributed by atoms with van der Waals surface area (Å²) in [6, 6.07) is -0.755. The maximum atomic E-state index is 12.3. The number of aliphatic hydroxyl groups excluding tert-OH is 3. The summed E-state index contributed by atoms with van der Waals surface area (Å²) in [7, 11) is 0. The van der Waals surface area contributed by atoms with Gasteiger partial charge in [-0.15, -0.1) is 0 Å². The number of unbranched alkanes of at least 4 members (excludes halogenated alkanes) is 24. The molecule has 0 aromatic rings. The van der Waals surface area contributed by atoms with E-state index in [0.717, 1.165) is 32.1 Å². The van der Waals surface area contributed by atoms with E-state index < -0.39 is 18.2 Å². The van der Waals surface area contributed by atoms with Gasteiger partial charge in [-0.25, -0.2) is 0 Å². The third-order valence-electron chi connectivity index (χ3n) is 8.99. The van der Waals surface area contributed by atoms with Crippen LogP contribution in [0.5, 0.6) is 0 Å². The maximum Gasteiger partial charge on any atom is 0.222 e. The number of rotatable bonds is 35. The van der Waals surface area contributed by atoms with Crippen LogP contribution in [-0.2, 0) is 4.79 Å². The second kappa shape index (κ2) is 35.7. The van der Waals surface area contributed by atoms with E-state index in [0.29, 0.717) is 6.42 Å². The number of aliphatic hydroxyl groups is 3. The molecular weight excluding hydrogens is 558 g/mol. The average molecular weight is 636 g/mol. The van der Waals surface area contributed by atoms with Crippen LogP contribution in [0.25, 0.3) is 0 Å². The van der Waals surface area contributed by atoms with Gasteiger partial charge in [-0.1, -0.05) is 186 Å². The van der Waals surface area contributed by atoms with Crippen molar-refractivity contribution in [3.05, 3.63) is 24.3 Å². The highest BCUT2D eigenvalue weighted by Crippen LogP contribution is 2.15. The first-order valence-electron chi connectivity index (χ1n) is 19.6. The Labute approximate surface area is 280 Å². The summed E-state index contributed by atoms with van der Waals surface area (Å²) in [5.41, 5.74) is 0. The van der Waals surface area contributed by atoms with Gasteiger partial charge in [0.1, 0.15) is 0 Å². The smallest absolute Gasteiger partial charge is 0.222 e. The Morgan fingerprint density at radius 2 is 0.956 bits per heavy atom. The lowest BCUT2D eigenvalue weighted by molar-refractivity contribution is -0.124. The molecule has 3 atom stereocenters. The molecule has 0 saturated carbocycles. The number of carbonyl (C=O) groups excluding carboxylic acids is 1. The first-order valence-corrected chi connectivity index (χ1v) is 19.6. The highest BCUT2D eigenvalue weighted by molar-refractivity contribution is 5.76. The number of allylic oxidation sites excluding steroid dienone is 3. The Bertz CT molecular complexity index is 665.